The quantitative estimate of drug-likeness (QED) is 0.928. The van der Waals surface area contributed by atoms with Gasteiger partial charge in [0, 0.05) is 4.88 Å². The second kappa shape index (κ2) is 6.21. The summed E-state index contributed by atoms with van der Waals surface area (Å²) in [6, 6.07) is 6.21. The molecule has 22 heavy (non-hydrogen) atoms. The first-order valence-corrected chi connectivity index (χ1v) is 8.67. The number of benzene rings is 1. The molecule has 1 aliphatic rings. The Labute approximate surface area is 135 Å². The van der Waals surface area contributed by atoms with E-state index in [2.05, 4.69) is 43.2 Å². The van der Waals surface area contributed by atoms with Gasteiger partial charge < -0.3 is 5.32 Å². The summed E-state index contributed by atoms with van der Waals surface area (Å²) in [5, 5.41) is 3.73. The zero-order valence-corrected chi connectivity index (χ0v) is 14.2. The number of hydrogen-bond acceptors (Lipinski definition) is 3. The summed E-state index contributed by atoms with van der Waals surface area (Å²) >= 11 is 1.64. The number of thiazole rings is 1. The van der Waals surface area contributed by atoms with E-state index >= 15 is 0 Å². The molecule has 116 valence electrons. The van der Waals surface area contributed by atoms with Crippen LogP contribution in [-0.2, 0) is 24.1 Å². The molecule has 0 fully saturated rings. The summed E-state index contributed by atoms with van der Waals surface area (Å²) < 4.78 is 0. The Balaban J connectivity index is 1.67. The molecule has 1 heterocycles. The summed E-state index contributed by atoms with van der Waals surface area (Å²) in [7, 11) is 0. The maximum atomic E-state index is 12.3. The number of hydrogen-bond donors (Lipinski definition) is 1. The summed E-state index contributed by atoms with van der Waals surface area (Å²) in [6.45, 7) is 6.40. The van der Waals surface area contributed by atoms with Crippen molar-refractivity contribution in [2.75, 3.05) is 5.32 Å². The van der Waals surface area contributed by atoms with Crippen LogP contribution < -0.4 is 5.32 Å². The Morgan fingerprint density at radius 3 is 3.00 bits per heavy atom. The predicted molar refractivity (Wildman–Crippen MR) is 91.6 cm³/mol. The van der Waals surface area contributed by atoms with Gasteiger partial charge in [0.1, 0.15) is 0 Å². The van der Waals surface area contributed by atoms with Crippen LogP contribution >= 0.6 is 11.3 Å². The molecule has 0 spiro atoms. The highest BCUT2D eigenvalue weighted by Crippen LogP contribution is 2.32. The van der Waals surface area contributed by atoms with Crippen molar-refractivity contribution < 1.29 is 4.79 Å². The Morgan fingerprint density at radius 2 is 2.23 bits per heavy atom. The zero-order valence-electron chi connectivity index (χ0n) is 13.4. The number of carbonyl (C=O) groups is 1. The number of aromatic nitrogens is 1. The molecule has 1 amide bonds. The molecule has 0 saturated heterocycles. The zero-order chi connectivity index (χ0) is 15.7. The van der Waals surface area contributed by atoms with E-state index in [-0.39, 0.29) is 5.91 Å². The van der Waals surface area contributed by atoms with E-state index in [1.807, 2.05) is 6.07 Å². The van der Waals surface area contributed by atoms with Gasteiger partial charge >= 0.3 is 0 Å². The number of amides is 1. The van der Waals surface area contributed by atoms with E-state index in [9.17, 15) is 4.79 Å². The Kier molecular flexibility index (Phi) is 4.30. The van der Waals surface area contributed by atoms with Crippen LogP contribution in [0, 0.1) is 19.8 Å². The standard InChI is InChI=1S/C18H22N2OS/c1-11-4-6-14(13(3)8-11)10-17(21)20-18-19-15-7-5-12(2)9-16(15)22-18/h4,6,8,12H,5,7,9-10H2,1-3H3,(H,19,20,21)/t12-/m1/s1. The molecule has 0 bridgehead atoms. The first-order chi connectivity index (χ1) is 10.5. The molecule has 1 aliphatic carbocycles. The van der Waals surface area contributed by atoms with Crippen LogP contribution in [0.25, 0.3) is 0 Å². The van der Waals surface area contributed by atoms with Gasteiger partial charge in [0.05, 0.1) is 12.1 Å². The molecule has 3 rings (SSSR count). The van der Waals surface area contributed by atoms with Crippen molar-refractivity contribution in [3.8, 4) is 0 Å². The van der Waals surface area contributed by atoms with Crippen LogP contribution in [0.2, 0.25) is 0 Å². The summed E-state index contributed by atoms with van der Waals surface area (Å²) in [5.74, 6) is 0.748. The van der Waals surface area contributed by atoms with Gasteiger partial charge in [-0.15, -0.1) is 11.3 Å². The van der Waals surface area contributed by atoms with E-state index in [4.69, 9.17) is 0 Å². The van der Waals surface area contributed by atoms with Crippen molar-refractivity contribution in [3.63, 3.8) is 0 Å². The Bertz CT molecular complexity index is 705. The fourth-order valence-electron chi connectivity index (χ4n) is 2.97. The third-order valence-electron chi connectivity index (χ3n) is 4.28. The lowest BCUT2D eigenvalue weighted by molar-refractivity contribution is -0.115. The minimum atomic E-state index is 0.0195. The van der Waals surface area contributed by atoms with Gasteiger partial charge in [-0.05, 0) is 50.2 Å². The van der Waals surface area contributed by atoms with E-state index in [1.54, 1.807) is 11.3 Å². The third-order valence-corrected chi connectivity index (χ3v) is 5.32. The highest BCUT2D eigenvalue weighted by molar-refractivity contribution is 7.15. The SMILES string of the molecule is Cc1ccc(CC(=O)Nc2nc3c(s2)C[C@H](C)CC3)c(C)c1. The fraction of sp³-hybridized carbons (Fsp3) is 0.444. The van der Waals surface area contributed by atoms with Crippen LogP contribution in [0.3, 0.4) is 0 Å². The molecule has 1 aromatic carbocycles. The Morgan fingerprint density at radius 1 is 1.41 bits per heavy atom. The van der Waals surface area contributed by atoms with Gasteiger partial charge in [-0.1, -0.05) is 30.7 Å². The molecule has 0 saturated carbocycles. The first kappa shape index (κ1) is 15.2. The van der Waals surface area contributed by atoms with Gasteiger partial charge in [-0.2, -0.15) is 0 Å². The average molecular weight is 314 g/mol. The van der Waals surface area contributed by atoms with Crippen molar-refractivity contribution in [1.29, 1.82) is 0 Å². The summed E-state index contributed by atoms with van der Waals surface area (Å²) in [5.41, 5.74) is 4.66. The molecule has 0 radical (unpaired) electrons. The van der Waals surface area contributed by atoms with Gasteiger partial charge in [-0.3, -0.25) is 4.79 Å². The topological polar surface area (TPSA) is 42.0 Å². The lowest BCUT2D eigenvalue weighted by atomic mass is 9.93. The normalized spacial score (nSPS) is 17.1. The molecule has 2 aromatic rings. The molecule has 1 atom stereocenters. The molecule has 0 aliphatic heterocycles. The van der Waals surface area contributed by atoms with Crippen LogP contribution in [0.4, 0.5) is 5.13 Å². The molecule has 1 N–H and O–H groups in total. The van der Waals surface area contributed by atoms with Gasteiger partial charge in [0.2, 0.25) is 5.91 Å². The van der Waals surface area contributed by atoms with Gasteiger partial charge in [-0.25, -0.2) is 4.98 Å². The van der Waals surface area contributed by atoms with Crippen molar-refractivity contribution in [3.05, 3.63) is 45.5 Å². The lowest BCUT2D eigenvalue weighted by Gasteiger charge is -2.15. The molecular formula is C18H22N2OS. The molecule has 1 aromatic heterocycles. The number of carbonyl (C=O) groups excluding carboxylic acids is 1. The second-order valence-corrected chi connectivity index (χ2v) is 7.48. The smallest absolute Gasteiger partial charge is 0.230 e. The van der Waals surface area contributed by atoms with Crippen LogP contribution in [-0.4, -0.2) is 10.9 Å². The monoisotopic (exact) mass is 314 g/mol. The van der Waals surface area contributed by atoms with Crippen molar-refractivity contribution in [2.45, 2.75) is 46.5 Å². The number of rotatable bonds is 3. The molecule has 0 unspecified atom stereocenters. The van der Waals surface area contributed by atoms with Crippen LogP contribution in [0.5, 0.6) is 0 Å². The van der Waals surface area contributed by atoms with Gasteiger partial charge in [0.15, 0.2) is 5.13 Å². The number of nitrogens with zero attached hydrogens (tertiary/aromatic N) is 1. The van der Waals surface area contributed by atoms with E-state index in [0.717, 1.165) is 29.5 Å². The van der Waals surface area contributed by atoms with E-state index in [1.165, 1.54) is 28.1 Å². The van der Waals surface area contributed by atoms with Gasteiger partial charge in [0.25, 0.3) is 0 Å². The molecule has 4 heteroatoms. The number of nitrogens with one attached hydrogen (secondary N) is 1. The largest absolute Gasteiger partial charge is 0.302 e. The van der Waals surface area contributed by atoms with Crippen LogP contribution in [0.15, 0.2) is 18.2 Å². The summed E-state index contributed by atoms with van der Waals surface area (Å²) in [6.07, 6.45) is 3.75. The fourth-order valence-corrected chi connectivity index (χ4v) is 4.16. The van der Waals surface area contributed by atoms with Crippen molar-refractivity contribution in [2.24, 2.45) is 5.92 Å². The second-order valence-electron chi connectivity index (χ2n) is 6.39. The van der Waals surface area contributed by atoms with Crippen LogP contribution in [0.1, 0.15) is 40.6 Å². The highest BCUT2D eigenvalue weighted by atomic mass is 32.1. The first-order valence-electron chi connectivity index (χ1n) is 7.86. The van der Waals surface area contributed by atoms with Crippen molar-refractivity contribution in [1.82, 2.24) is 4.98 Å². The average Bonchev–Trinajstić information content (AvgIpc) is 2.83. The lowest BCUT2D eigenvalue weighted by Crippen LogP contribution is -2.15. The maximum absolute atomic E-state index is 12.3. The predicted octanol–water partition coefficient (Wildman–Crippen LogP) is 4.07. The Hall–Kier alpha value is -1.68. The minimum absolute atomic E-state index is 0.0195. The number of fused-ring (bicyclic) bond motifs is 1. The minimum Gasteiger partial charge on any atom is -0.302 e. The number of anilines is 1. The maximum Gasteiger partial charge on any atom is 0.230 e. The molecule has 3 nitrogen and oxygen atoms in total. The molecular weight excluding hydrogens is 292 g/mol. The van der Waals surface area contributed by atoms with Crippen molar-refractivity contribution >= 4 is 22.4 Å². The summed E-state index contributed by atoms with van der Waals surface area (Å²) in [4.78, 5) is 18.2. The number of aryl methyl sites for hydroxylation is 3. The van der Waals surface area contributed by atoms with E-state index in [0.29, 0.717) is 6.42 Å². The third kappa shape index (κ3) is 3.38. The highest BCUT2D eigenvalue weighted by Gasteiger charge is 2.20. The van der Waals surface area contributed by atoms with E-state index < -0.39 is 0 Å².